The van der Waals surface area contributed by atoms with Gasteiger partial charge in [0, 0.05) is 5.92 Å². The Morgan fingerprint density at radius 1 is 1.29 bits per heavy atom. The summed E-state index contributed by atoms with van der Waals surface area (Å²) in [4.78, 5) is 2.39. The van der Waals surface area contributed by atoms with Gasteiger partial charge in [-0.3, -0.25) is 0 Å². The molecule has 0 unspecified atom stereocenters. The van der Waals surface area contributed by atoms with E-state index in [1.165, 1.54) is 37.3 Å². The van der Waals surface area contributed by atoms with E-state index in [-0.39, 0.29) is 0 Å². The summed E-state index contributed by atoms with van der Waals surface area (Å²) in [7, 11) is 2.19. The molecule has 2 nitrogen and oxygen atoms in total. The Hall–Kier alpha value is -0.760. The van der Waals surface area contributed by atoms with Crippen LogP contribution in [0.4, 0.5) is 0 Å². The van der Waals surface area contributed by atoms with Crippen molar-refractivity contribution in [2.75, 3.05) is 20.1 Å². The molecular weight excluding hydrogens is 174 g/mol. The quantitative estimate of drug-likeness (QED) is 0.682. The van der Waals surface area contributed by atoms with Gasteiger partial charge in [0.1, 0.15) is 11.5 Å². The van der Waals surface area contributed by atoms with E-state index in [4.69, 9.17) is 4.42 Å². The summed E-state index contributed by atoms with van der Waals surface area (Å²) in [6.45, 7) is 6.57. The Labute approximate surface area is 85.9 Å². The maximum Gasteiger partial charge on any atom is 0.107 e. The lowest BCUT2D eigenvalue weighted by molar-refractivity contribution is 0.239. The van der Waals surface area contributed by atoms with Gasteiger partial charge in [-0.2, -0.15) is 0 Å². The molecule has 1 aliphatic heterocycles. The molecule has 0 saturated carbocycles. The van der Waals surface area contributed by atoms with Gasteiger partial charge in [-0.05, 0) is 58.5 Å². The fourth-order valence-electron chi connectivity index (χ4n) is 2.10. The summed E-state index contributed by atoms with van der Waals surface area (Å²) in [6.07, 6.45) is 2.48. The summed E-state index contributed by atoms with van der Waals surface area (Å²) in [5, 5.41) is 0. The Morgan fingerprint density at radius 3 is 2.43 bits per heavy atom. The SMILES string of the molecule is Cc1cc(C2CCN(C)CC2)oc1C. The van der Waals surface area contributed by atoms with Crippen LogP contribution in [0.1, 0.15) is 35.8 Å². The number of nitrogens with zero attached hydrogens (tertiary/aromatic N) is 1. The first-order valence-electron chi connectivity index (χ1n) is 5.42. The summed E-state index contributed by atoms with van der Waals surface area (Å²) in [5.74, 6) is 2.94. The van der Waals surface area contributed by atoms with Gasteiger partial charge in [0.15, 0.2) is 0 Å². The predicted molar refractivity (Wildman–Crippen MR) is 57.7 cm³/mol. The number of hydrogen-bond donors (Lipinski definition) is 0. The third kappa shape index (κ3) is 1.85. The molecule has 78 valence electrons. The molecule has 1 fully saturated rings. The van der Waals surface area contributed by atoms with Gasteiger partial charge in [-0.15, -0.1) is 0 Å². The van der Waals surface area contributed by atoms with E-state index in [2.05, 4.69) is 24.9 Å². The van der Waals surface area contributed by atoms with Crippen molar-refractivity contribution in [1.82, 2.24) is 4.90 Å². The second-order valence-electron chi connectivity index (χ2n) is 4.47. The molecule has 0 N–H and O–H groups in total. The highest BCUT2D eigenvalue weighted by Gasteiger charge is 2.21. The summed E-state index contributed by atoms with van der Waals surface area (Å²) in [6, 6.07) is 2.21. The van der Waals surface area contributed by atoms with Crippen molar-refractivity contribution in [3.63, 3.8) is 0 Å². The number of rotatable bonds is 1. The minimum absolute atomic E-state index is 0.651. The lowest BCUT2D eigenvalue weighted by Gasteiger charge is -2.27. The standard InChI is InChI=1S/C12H19NO/c1-9-8-12(14-10(9)2)11-4-6-13(3)7-5-11/h8,11H,4-7H2,1-3H3. The lowest BCUT2D eigenvalue weighted by Crippen LogP contribution is -2.29. The third-order valence-electron chi connectivity index (χ3n) is 3.31. The molecule has 0 amide bonds. The number of likely N-dealkylation sites (tertiary alicyclic amines) is 1. The summed E-state index contributed by atoms with van der Waals surface area (Å²) >= 11 is 0. The number of piperidine rings is 1. The highest BCUT2D eigenvalue weighted by atomic mass is 16.3. The maximum atomic E-state index is 5.77. The van der Waals surface area contributed by atoms with Crippen LogP contribution < -0.4 is 0 Å². The molecule has 0 atom stereocenters. The molecule has 14 heavy (non-hydrogen) atoms. The largest absolute Gasteiger partial charge is 0.466 e. The first kappa shape index (κ1) is 9.78. The molecule has 1 aromatic rings. The zero-order chi connectivity index (χ0) is 10.1. The van der Waals surface area contributed by atoms with Crippen LogP contribution in [0, 0.1) is 13.8 Å². The van der Waals surface area contributed by atoms with E-state index >= 15 is 0 Å². The second kappa shape index (κ2) is 3.77. The molecule has 0 spiro atoms. The summed E-state index contributed by atoms with van der Waals surface area (Å²) in [5.41, 5.74) is 1.29. The highest BCUT2D eigenvalue weighted by Crippen LogP contribution is 2.30. The predicted octanol–water partition coefficient (Wildman–Crippen LogP) is 2.71. The fraction of sp³-hybridized carbons (Fsp3) is 0.667. The van der Waals surface area contributed by atoms with Crippen molar-refractivity contribution in [1.29, 1.82) is 0 Å². The van der Waals surface area contributed by atoms with Gasteiger partial charge in [0.05, 0.1) is 0 Å². The Bertz CT molecular complexity index is 289. The van der Waals surface area contributed by atoms with Crippen molar-refractivity contribution in [2.45, 2.75) is 32.6 Å². The van der Waals surface area contributed by atoms with E-state index in [9.17, 15) is 0 Å². The number of furan rings is 1. The van der Waals surface area contributed by atoms with Gasteiger partial charge < -0.3 is 9.32 Å². The van der Waals surface area contributed by atoms with Gasteiger partial charge in [0.25, 0.3) is 0 Å². The Morgan fingerprint density at radius 2 is 1.93 bits per heavy atom. The van der Waals surface area contributed by atoms with Gasteiger partial charge in [-0.1, -0.05) is 0 Å². The lowest BCUT2D eigenvalue weighted by atomic mass is 9.94. The molecule has 0 aliphatic carbocycles. The van der Waals surface area contributed by atoms with Crippen LogP contribution in [0.3, 0.4) is 0 Å². The van der Waals surface area contributed by atoms with Crippen LogP contribution >= 0.6 is 0 Å². The minimum atomic E-state index is 0.651. The first-order valence-corrected chi connectivity index (χ1v) is 5.42. The first-order chi connectivity index (χ1) is 6.66. The molecule has 2 heteroatoms. The van der Waals surface area contributed by atoms with E-state index < -0.39 is 0 Å². The van der Waals surface area contributed by atoms with Gasteiger partial charge >= 0.3 is 0 Å². The Kier molecular flexibility index (Phi) is 2.64. The number of hydrogen-bond acceptors (Lipinski definition) is 2. The molecule has 0 aromatic carbocycles. The Balaban J connectivity index is 2.08. The van der Waals surface area contributed by atoms with E-state index in [0.29, 0.717) is 5.92 Å². The molecular formula is C12H19NO. The van der Waals surface area contributed by atoms with Crippen LogP contribution in [-0.4, -0.2) is 25.0 Å². The van der Waals surface area contributed by atoms with E-state index in [1.807, 2.05) is 6.92 Å². The molecule has 1 aromatic heterocycles. The molecule has 2 rings (SSSR count). The maximum absolute atomic E-state index is 5.77. The normalized spacial score (nSPS) is 20.2. The molecule has 0 bridgehead atoms. The van der Waals surface area contributed by atoms with E-state index in [1.54, 1.807) is 0 Å². The molecule has 1 saturated heterocycles. The van der Waals surface area contributed by atoms with Crippen molar-refractivity contribution < 1.29 is 4.42 Å². The van der Waals surface area contributed by atoms with Crippen LogP contribution in [0.15, 0.2) is 10.5 Å². The van der Waals surface area contributed by atoms with Crippen molar-refractivity contribution in [2.24, 2.45) is 0 Å². The second-order valence-corrected chi connectivity index (χ2v) is 4.47. The summed E-state index contributed by atoms with van der Waals surface area (Å²) < 4.78 is 5.77. The monoisotopic (exact) mass is 193 g/mol. The van der Waals surface area contributed by atoms with Crippen molar-refractivity contribution >= 4 is 0 Å². The topological polar surface area (TPSA) is 16.4 Å². The van der Waals surface area contributed by atoms with Crippen LogP contribution in [0.25, 0.3) is 0 Å². The fourth-order valence-corrected chi connectivity index (χ4v) is 2.10. The molecule has 0 radical (unpaired) electrons. The zero-order valence-electron chi connectivity index (χ0n) is 9.34. The van der Waals surface area contributed by atoms with Crippen LogP contribution in [0.5, 0.6) is 0 Å². The minimum Gasteiger partial charge on any atom is -0.466 e. The smallest absolute Gasteiger partial charge is 0.107 e. The van der Waals surface area contributed by atoms with Gasteiger partial charge in [0.2, 0.25) is 0 Å². The van der Waals surface area contributed by atoms with Crippen molar-refractivity contribution in [3.05, 3.63) is 23.2 Å². The van der Waals surface area contributed by atoms with Crippen LogP contribution in [-0.2, 0) is 0 Å². The van der Waals surface area contributed by atoms with E-state index in [0.717, 1.165) is 5.76 Å². The van der Waals surface area contributed by atoms with Crippen molar-refractivity contribution in [3.8, 4) is 0 Å². The van der Waals surface area contributed by atoms with Crippen LogP contribution in [0.2, 0.25) is 0 Å². The van der Waals surface area contributed by atoms with Gasteiger partial charge in [-0.25, -0.2) is 0 Å². The molecule has 2 heterocycles. The molecule has 1 aliphatic rings. The third-order valence-corrected chi connectivity index (χ3v) is 3.31. The zero-order valence-corrected chi connectivity index (χ0v) is 9.34. The highest BCUT2D eigenvalue weighted by molar-refractivity contribution is 5.21. The number of aryl methyl sites for hydroxylation is 2. The average Bonchev–Trinajstić information content (AvgIpc) is 2.48. The average molecular weight is 193 g/mol.